The molecule has 3 unspecified atom stereocenters. The van der Waals surface area contributed by atoms with Gasteiger partial charge < -0.3 is 24.7 Å². The van der Waals surface area contributed by atoms with Crippen molar-refractivity contribution in [3.05, 3.63) is 41.5 Å². The van der Waals surface area contributed by atoms with E-state index in [1.54, 1.807) is 0 Å². The van der Waals surface area contributed by atoms with Crippen LogP contribution in [0.4, 0.5) is 0 Å². The SMILES string of the molecule is CCC1(CC)C(NC(=NCc2nnc(C)n2C)NC2CCOc3ccccc32)CC1OC.I. The summed E-state index contributed by atoms with van der Waals surface area (Å²) < 4.78 is 13.6. The number of hydrogen-bond acceptors (Lipinski definition) is 5. The number of guanidine groups is 1. The van der Waals surface area contributed by atoms with Crippen LogP contribution >= 0.6 is 24.0 Å². The number of aromatic nitrogens is 3. The zero-order valence-corrected chi connectivity index (χ0v) is 22.6. The van der Waals surface area contributed by atoms with Gasteiger partial charge in [-0.05, 0) is 32.3 Å². The lowest BCUT2D eigenvalue weighted by molar-refractivity contribution is -0.118. The number of rotatable bonds is 7. The first-order chi connectivity index (χ1) is 15.5. The van der Waals surface area contributed by atoms with E-state index in [2.05, 4.69) is 46.8 Å². The smallest absolute Gasteiger partial charge is 0.192 e. The van der Waals surface area contributed by atoms with Crippen LogP contribution < -0.4 is 15.4 Å². The molecule has 1 aliphatic heterocycles. The van der Waals surface area contributed by atoms with Gasteiger partial charge in [0.15, 0.2) is 11.8 Å². The normalized spacial score (nSPS) is 23.5. The van der Waals surface area contributed by atoms with Gasteiger partial charge in [-0.3, -0.25) is 0 Å². The zero-order valence-electron chi connectivity index (χ0n) is 20.3. The van der Waals surface area contributed by atoms with Gasteiger partial charge >= 0.3 is 0 Å². The second kappa shape index (κ2) is 11.0. The molecule has 0 radical (unpaired) electrons. The first-order valence-corrected chi connectivity index (χ1v) is 11.7. The lowest BCUT2D eigenvalue weighted by Gasteiger charge is -2.55. The number of para-hydroxylation sites is 1. The van der Waals surface area contributed by atoms with E-state index in [-0.39, 0.29) is 41.5 Å². The highest BCUT2D eigenvalue weighted by Crippen LogP contribution is 2.48. The first kappa shape index (κ1) is 25.7. The summed E-state index contributed by atoms with van der Waals surface area (Å²) in [4.78, 5) is 4.93. The number of hydrogen-bond donors (Lipinski definition) is 2. The summed E-state index contributed by atoms with van der Waals surface area (Å²) in [5.74, 6) is 3.47. The van der Waals surface area contributed by atoms with Gasteiger partial charge in [0, 0.05) is 37.6 Å². The van der Waals surface area contributed by atoms with Crippen LogP contribution in [0.2, 0.25) is 0 Å². The Morgan fingerprint density at radius 1 is 1.24 bits per heavy atom. The van der Waals surface area contributed by atoms with Crippen LogP contribution in [-0.2, 0) is 18.3 Å². The van der Waals surface area contributed by atoms with Crippen molar-refractivity contribution in [1.29, 1.82) is 0 Å². The Morgan fingerprint density at radius 3 is 2.67 bits per heavy atom. The molecule has 1 fully saturated rings. The van der Waals surface area contributed by atoms with E-state index in [1.165, 1.54) is 5.56 Å². The first-order valence-electron chi connectivity index (χ1n) is 11.7. The van der Waals surface area contributed by atoms with Crippen molar-refractivity contribution in [2.75, 3.05) is 13.7 Å². The Morgan fingerprint density at radius 2 is 2.00 bits per heavy atom. The van der Waals surface area contributed by atoms with Crippen LogP contribution in [-0.4, -0.2) is 46.6 Å². The van der Waals surface area contributed by atoms with Gasteiger partial charge in [0.25, 0.3) is 0 Å². The minimum absolute atomic E-state index is 0. The van der Waals surface area contributed by atoms with Crippen LogP contribution in [0, 0.1) is 12.3 Å². The molecular formula is C24H37IN6O2. The maximum Gasteiger partial charge on any atom is 0.192 e. The van der Waals surface area contributed by atoms with Gasteiger partial charge in [-0.1, -0.05) is 32.0 Å². The molecule has 9 heteroatoms. The highest BCUT2D eigenvalue weighted by molar-refractivity contribution is 14.0. The van der Waals surface area contributed by atoms with E-state index in [0.29, 0.717) is 19.2 Å². The third-order valence-electron chi connectivity index (χ3n) is 7.53. The van der Waals surface area contributed by atoms with E-state index in [9.17, 15) is 0 Å². The monoisotopic (exact) mass is 568 g/mol. The van der Waals surface area contributed by atoms with Gasteiger partial charge in [0.2, 0.25) is 0 Å². The second-order valence-corrected chi connectivity index (χ2v) is 8.86. The summed E-state index contributed by atoms with van der Waals surface area (Å²) in [6, 6.07) is 8.68. The molecule has 2 N–H and O–H groups in total. The van der Waals surface area contributed by atoms with Crippen molar-refractivity contribution >= 4 is 29.9 Å². The minimum atomic E-state index is 0. The van der Waals surface area contributed by atoms with Gasteiger partial charge in [-0.15, -0.1) is 34.2 Å². The molecule has 2 aliphatic rings. The molecule has 1 saturated carbocycles. The van der Waals surface area contributed by atoms with E-state index in [1.807, 2.05) is 37.8 Å². The topological polar surface area (TPSA) is 85.6 Å². The Hall–Kier alpha value is -1.88. The predicted octanol–water partition coefficient (Wildman–Crippen LogP) is 3.89. The lowest BCUT2D eigenvalue weighted by Crippen LogP contribution is -2.65. The van der Waals surface area contributed by atoms with Crippen molar-refractivity contribution in [1.82, 2.24) is 25.4 Å². The molecular weight excluding hydrogens is 531 g/mol. The van der Waals surface area contributed by atoms with Crippen LogP contribution in [0.15, 0.2) is 29.3 Å². The van der Waals surface area contributed by atoms with Crippen molar-refractivity contribution in [3.8, 4) is 5.75 Å². The Kier molecular flexibility index (Phi) is 8.60. The summed E-state index contributed by atoms with van der Waals surface area (Å²) in [5.41, 5.74) is 1.29. The number of fused-ring (bicyclic) bond motifs is 1. The molecule has 3 atom stereocenters. The van der Waals surface area contributed by atoms with Crippen LogP contribution in [0.25, 0.3) is 0 Å². The van der Waals surface area contributed by atoms with E-state index in [4.69, 9.17) is 14.5 Å². The highest BCUT2D eigenvalue weighted by Gasteiger charge is 2.53. The fraction of sp³-hybridized carbons (Fsp3) is 0.625. The van der Waals surface area contributed by atoms with Gasteiger partial charge in [-0.25, -0.2) is 4.99 Å². The summed E-state index contributed by atoms with van der Waals surface area (Å²) in [7, 11) is 3.80. The summed E-state index contributed by atoms with van der Waals surface area (Å²) in [5, 5.41) is 15.9. The van der Waals surface area contributed by atoms with Gasteiger partial charge in [0.05, 0.1) is 18.8 Å². The molecule has 2 aromatic rings. The number of ether oxygens (including phenoxy) is 2. The molecule has 182 valence electrons. The highest BCUT2D eigenvalue weighted by atomic mass is 127. The van der Waals surface area contributed by atoms with Crippen molar-refractivity contribution in [2.45, 2.75) is 71.2 Å². The average molecular weight is 569 g/mol. The average Bonchev–Trinajstić information content (AvgIpc) is 3.13. The number of nitrogens with one attached hydrogen (secondary N) is 2. The van der Waals surface area contributed by atoms with Gasteiger partial charge in [-0.2, -0.15) is 0 Å². The molecule has 0 bridgehead atoms. The fourth-order valence-electron chi connectivity index (χ4n) is 5.17. The summed E-state index contributed by atoms with van der Waals surface area (Å²) >= 11 is 0. The zero-order chi connectivity index (χ0) is 22.7. The predicted molar refractivity (Wildman–Crippen MR) is 140 cm³/mol. The fourth-order valence-corrected chi connectivity index (χ4v) is 5.17. The summed E-state index contributed by atoms with van der Waals surface area (Å²) in [6.07, 6.45) is 4.28. The molecule has 0 amide bonds. The molecule has 1 aromatic carbocycles. The van der Waals surface area contributed by atoms with Crippen LogP contribution in [0.3, 0.4) is 0 Å². The van der Waals surface area contributed by atoms with Crippen molar-refractivity contribution in [2.24, 2.45) is 17.5 Å². The standard InChI is InChI=1S/C24H36N6O2.HI/c1-6-24(7-2)20(14-21(24)31-5)27-23(25-15-22-29-28-16(3)30(22)4)26-18-12-13-32-19-11-9-8-10-17(18)19;/h8-11,18,20-21H,6-7,12-15H2,1-5H3,(H2,25,26,27);1H. The molecule has 1 aliphatic carbocycles. The van der Waals surface area contributed by atoms with Crippen molar-refractivity contribution in [3.63, 3.8) is 0 Å². The Balaban J connectivity index is 0.00000306. The maximum absolute atomic E-state index is 5.85. The molecule has 33 heavy (non-hydrogen) atoms. The number of benzene rings is 1. The number of nitrogens with zero attached hydrogens (tertiary/aromatic N) is 4. The number of aryl methyl sites for hydroxylation is 1. The van der Waals surface area contributed by atoms with Crippen LogP contribution in [0.1, 0.15) is 62.8 Å². The van der Waals surface area contributed by atoms with Gasteiger partial charge in [0.1, 0.15) is 18.1 Å². The molecule has 2 heterocycles. The minimum Gasteiger partial charge on any atom is -0.493 e. The Labute approximate surface area is 214 Å². The lowest BCUT2D eigenvalue weighted by atomic mass is 9.58. The largest absolute Gasteiger partial charge is 0.493 e. The molecule has 1 aromatic heterocycles. The molecule has 8 nitrogen and oxygen atoms in total. The number of halogens is 1. The number of methoxy groups -OCH3 is 1. The maximum atomic E-state index is 5.85. The van der Waals surface area contributed by atoms with E-state index >= 15 is 0 Å². The quantitative estimate of drug-likeness (QED) is 0.300. The van der Waals surface area contributed by atoms with Crippen LogP contribution in [0.5, 0.6) is 5.75 Å². The Bertz CT molecular complexity index is 958. The van der Waals surface area contributed by atoms with E-state index in [0.717, 1.165) is 49.0 Å². The molecule has 0 spiro atoms. The number of aliphatic imine (C=N–C) groups is 1. The van der Waals surface area contributed by atoms with Crippen molar-refractivity contribution < 1.29 is 9.47 Å². The summed E-state index contributed by atoms with van der Waals surface area (Å²) in [6.45, 7) is 7.61. The molecule has 0 saturated heterocycles. The molecule has 4 rings (SSSR count). The second-order valence-electron chi connectivity index (χ2n) is 8.86. The third kappa shape index (κ3) is 4.99. The third-order valence-corrected chi connectivity index (χ3v) is 7.53. The van der Waals surface area contributed by atoms with E-state index < -0.39 is 0 Å².